The SMILES string of the molecule is CCN(c1ccc(C(=O)N(C)C)cc1)S(C)(=O)=O. The van der Waals surface area contributed by atoms with E-state index in [9.17, 15) is 13.2 Å². The summed E-state index contributed by atoms with van der Waals surface area (Å²) in [7, 11) is 0.0640. The van der Waals surface area contributed by atoms with Crippen LogP contribution in [-0.4, -0.2) is 46.1 Å². The fourth-order valence-corrected chi connectivity index (χ4v) is 2.61. The van der Waals surface area contributed by atoms with Gasteiger partial charge < -0.3 is 4.90 Å². The second kappa shape index (κ2) is 5.39. The smallest absolute Gasteiger partial charge is 0.253 e. The number of carbonyl (C=O) groups excluding carboxylic acids is 1. The fraction of sp³-hybridized carbons (Fsp3) is 0.417. The van der Waals surface area contributed by atoms with E-state index in [1.165, 1.54) is 9.21 Å². The Morgan fingerprint density at radius 3 is 2.00 bits per heavy atom. The van der Waals surface area contributed by atoms with Crippen LogP contribution in [0.1, 0.15) is 17.3 Å². The number of anilines is 1. The fourth-order valence-electron chi connectivity index (χ4n) is 1.64. The first kappa shape index (κ1) is 14.5. The van der Waals surface area contributed by atoms with Crippen LogP contribution in [0, 0.1) is 0 Å². The second-order valence-corrected chi connectivity index (χ2v) is 6.08. The van der Waals surface area contributed by atoms with Gasteiger partial charge in [0.2, 0.25) is 10.0 Å². The molecule has 0 heterocycles. The molecule has 18 heavy (non-hydrogen) atoms. The summed E-state index contributed by atoms with van der Waals surface area (Å²) < 4.78 is 24.4. The van der Waals surface area contributed by atoms with E-state index >= 15 is 0 Å². The lowest BCUT2D eigenvalue weighted by molar-refractivity contribution is 0.0827. The lowest BCUT2D eigenvalue weighted by Gasteiger charge is -2.20. The minimum absolute atomic E-state index is 0.107. The number of carbonyl (C=O) groups is 1. The van der Waals surface area contributed by atoms with Gasteiger partial charge in [-0.2, -0.15) is 0 Å². The molecule has 0 bridgehead atoms. The molecule has 1 aromatic carbocycles. The maximum atomic E-state index is 11.7. The molecule has 100 valence electrons. The Hall–Kier alpha value is -1.56. The third kappa shape index (κ3) is 3.22. The molecule has 1 amide bonds. The van der Waals surface area contributed by atoms with Gasteiger partial charge in [-0.3, -0.25) is 9.10 Å². The Labute approximate surface area is 108 Å². The zero-order valence-electron chi connectivity index (χ0n) is 11.0. The Morgan fingerprint density at radius 1 is 1.17 bits per heavy atom. The monoisotopic (exact) mass is 270 g/mol. The quantitative estimate of drug-likeness (QED) is 0.825. The maximum absolute atomic E-state index is 11.7. The predicted octanol–water partition coefficient (Wildman–Crippen LogP) is 1.17. The van der Waals surface area contributed by atoms with Gasteiger partial charge in [0.25, 0.3) is 5.91 Å². The Morgan fingerprint density at radius 2 is 1.67 bits per heavy atom. The van der Waals surface area contributed by atoms with Gasteiger partial charge in [-0.05, 0) is 31.2 Å². The molecule has 0 aliphatic carbocycles. The van der Waals surface area contributed by atoms with E-state index in [1.807, 2.05) is 0 Å². The van der Waals surface area contributed by atoms with Gasteiger partial charge in [-0.25, -0.2) is 8.42 Å². The number of hydrogen-bond donors (Lipinski definition) is 0. The van der Waals surface area contributed by atoms with Crippen LogP contribution >= 0.6 is 0 Å². The topological polar surface area (TPSA) is 57.7 Å². The van der Waals surface area contributed by atoms with E-state index < -0.39 is 10.0 Å². The van der Waals surface area contributed by atoms with Gasteiger partial charge in [0.15, 0.2) is 0 Å². The van der Waals surface area contributed by atoms with Crippen molar-refractivity contribution >= 4 is 21.6 Å². The maximum Gasteiger partial charge on any atom is 0.253 e. The standard InChI is InChI=1S/C12H18N2O3S/c1-5-14(18(4,16)17)11-8-6-10(7-9-11)12(15)13(2)3/h6-9H,5H2,1-4H3. The Kier molecular flexibility index (Phi) is 4.34. The van der Waals surface area contributed by atoms with Crippen LogP contribution < -0.4 is 4.31 Å². The molecule has 0 aliphatic rings. The van der Waals surface area contributed by atoms with Gasteiger partial charge in [-0.1, -0.05) is 0 Å². The molecular formula is C12H18N2O3S. The molecule has 5 nitrogen and oxygen atoms in total. The van der Waals surface area contributed by atoms with Crippen LogP contribution in [0.15, 0.2) is 24.3 Å². The van der Waals surface area contributed by atoms with Crippen molar-refractivity contribution in [3.63, 3.8) is 0 Å². The van der Waals surface area contributed by atoms with Gasteiger partial charge in [-0.15, -0.1) is 0 Å². The highest BCUT2D eigenvalue weighted by Crippen LogP contribution is 2.18. The first-order chi connectivity index (χ1) is 8.27. The average molecular weight is 270 g/mol. The van der Waals surface area contributed by atoms with Crippen molar-refractivity contribution < 1.29 is 13.2 Å². The highest BCUT2D eigenvalue weighted by Gasteiger charge is 2.15. The van der Waals surface area contributed by atoms with E-state index in [0.29, 0.717) is 17.8 Å². The summed E-state index contributed by atoms with van der Waals surface area (Å²) in [6, 6.07) is 6.54. The van der Waals surface area contributed by atoms with Crippen LogP contribution in [0.5, 0.6) is 0 Å². The molecule has 0 unspecified atom stereocenters. The lowest BCUT2D eigenvalue weighted by atomic mass is 10.2. The molecule has 0 fully saturated rings. The molecule has 0 atom stereocenters. The largest absolute Gasteiger partial charge is 0.345 e. The van der Waals surface area contributed by atoms with Crippen LogP contribution in [0.25, 0.3) is 0 Å². The van der Waals surface area contributed by atoms with Crippen molar-refractivity contribution in [1.82, 2.24) is 4.90 Å². The van der Waals surface area contributed by atoms with Crippen LogP contribution in [0.4, 0.5) is 5.69 Å². The molecule has 0 aliphatic heterocycles. The van der Waals surface area contributed by atoms with E-state index in [1.54, 1.807) is 45.3 Å². The van der Waals surface area contributed by atoms with Crippen LogP contribution in [0.3, 0.4) is 0 Å². The van der Waals surface area contributed by atoms with Gasteiger partial charge >= 0.3 is 0 Å². The zero-order valence-corrected chi connectivity index (χ0v) is 11.9. The molecule has 0 saturated heterocycles. The summed E-state index contributed by atoms with van der Waals surface area (Å²) in [5, 5.41) is 0. The predicted molar refractivity (Wildman–Crippen MR) is 72.3 cm³/mol. The minimum Gasteiger partial charge on any atom is -0.345 e. The first-order valence-electron chi connectivity index (χ1n) is 5.56. The van der Waals surface area contributed by atoms with Crippen molar-refractivity contribution in [2.75, 3.05) is 31.2 Å². The third-order valence-electron chi connectivity index (χ3n) is 2.50. The number of sulfonamides is 1. The normalized spacial score (nSPS) is 11.1. The second-order valence-electron chi connectivity index (χ2n) is 4.17. The molecule has 1 aromatic rings. The first-order valence-corrected chi connectivity index (χ1v) is 7.41. The number of benzene rings is 1. The highest BCUT2D eigenvalue weighted by molar-refractivity contribution is 7.92. The van der Waals surface area contributed by atoms with Crippen molar-refractivity contribution in [1.29, 1.82) is 0 Å². The molecule has 0 radical (unpaired) electrons. The molecule has 0 aromatic heterocycles. The van der Waals surface area contributed by atoms with Gasteiger partial charge in [0, 0.05) is 26.2 Å². The van der Waals surface area contributed by atoms with Crippen molar-refractivity contribution in [3.05, 3.63) is 29.8 Å². The average Bonchev–Trinajstić information content (AvgIpc) is 2.28. The summed E-state index contributed by atoms with van der Waals surface area (Å²) in [6.45, 7) is 2.12. The molecule has 1 rings (SSSR count). The lowest BCUT2D eigenvalue weighted by Crippen LogP contribution is -2.29. The number of amides is 1. The Bertz CT molecular complexity index is 521. The van der Waals surface area contributed by atoms with E-state index in [-0.39, 0.29) is 5.91 Å². The van der Waals surface area contributed by atoms with Crippen molar-refractivity contribution in [2.45, 2.75) is 6.92 Å². The summed E-state index contributed by atoms with van der Waals surface area (Å²) in [6.07, 6.45) is 1.16. The van der Waals surface area contributed by atoms with Gasteiger partial charge in [0.05, 0.1) is 11.9 Å². The number of nitrogens with zero attached hydrogens (tertiary/aromatic N) is 2. The summed E-state index contributed by atoms with van der Waals surface area (Å²) >= 11 is 0. The van der Waals surface area contributed by atoms with Gasteiger partial charge in [0.1, 0.15) is 0 Å². The van der Waals surface area contributed by atoms with Crippen LogP contribution in [-0.2, 0) is 10.0 Å². The van der Waals surface area contributed by atoms with E-state index in [2.05, 4.69) is 0 Å². The van der Waals surface area contributed by atoms with E-state index in [4.69, 9.17) is 0 Å². The molecule has 6 heteroatoms. The van der Waals surface area contributed by atoms with E-state index in [0.717, 1.165) is 6.26 Å². The number of hydrogen-bond acceptors (Lipinski definition) is 3. The zero-order chi connectivity index (χ0) is 13.9. The summed E-state index contributed by atoms with van der Waals surface area (Å²) in [5.74, 6) is -0.107. The summed E-state index contributed by atoms with van der Waals surface area (Å²) in [4.78, 5) is 13.2. The molecule has 0 saturated carbocycles. The molecule has 0 N–H and O–H groups in total. The third-order valence-corrected chi connectivity index (χ3v) is 3.77. The summed E-state index contributed by atoms with van der Waals surface area (Å²) in [5.41, 5.74) is 1.10. The molecule has 0 spiro atoms. The van der Waals surface area contributed by atoms with Crippen LogP contribution in [0.2, 0.25) is 0 Å². The molecular weight excluding hydrogens is 252 g/mol. The van der Waals surface area contributed by atoms with Crippen molar-refractivity contribution in [3.8, 4) is 0 Å². The van der Waals surface area contributed by atoms with Crippen molar-refractivity contribution in [2.24, 2.45) is 0 Å². The minimum atomic E-state index is -3.28. The highest BCUT2D eigenvalue weighted by atomic mass is 32.2. The Balaban J connectivity index is 3.06. The number of rotatable bonds is 4.